The molecule has 1 N–H and O–H groups in total. The van der Waals surface area contributed by atoms with Crippen LogP contribution in [-0.2, 0) is 17.5 Å². The highest BCUT2D eigenvalue weighted by molar-refractivity contribution is 7.99. The quantitative estimate of drug-likeness (QED) is 0.500. The number of thioether (sulfide) groups is 1. The summed E-state index contributed by atoms with van der Waals surface area (Å²) in [6.45, 7) is 3.99. The maximum atomic E-state index is 13.2. The number of nitrogens with zero attached hydrogens (tertiary/aromatic N) is 4. The highest BCUT2D eigenvalue weighted by atomic mass is 32.2. The highest BCUT2D eigenvalue weighted by Crippen LogP contribution is 2.36. The fourth-order valence-electron chi connectivity index (χ4n) is 3.63. The number of anilines is 2. The van der Waals surface area contributed by atoms with Crippen LogP contribution in [0, 0.1) is 0 Å². The maximum absolute atomic E-state index is 13.2. The third-order valence-corrected chi connectivity index (χ3v) is 6.12. The second kappa shape index (κ2) is 9.27. The van der Waals surface area contributed by atoms with Crippen LogP contribution in [0.1, 0.15) is 25.3 Å². The van der Waals surface area contributed by atoms with Crippen LogP contribution >= 0.6 is 11.8 Å². The molecule has 11 heteroatoms. The number of hydrogen-bond donors (Lipinski definition) is 1. The molecule has 2 aromatic heterocycles. The average molecular weight is 466 g/mol. The first-order valence-corrected chi connectivity index (χ1v) is 11.2. The van der Waals surface area contributed by atoms with Crippen molar-refractivity contribution >= 4 is 29.0 Å². The van der Waals surface area contributed by atoms with Gasteiger partial charge in [-0.25, -0.2) is 0 Å². The van der Waals surface area contributed by atoms with E-state index in [1.54, 1.807) is 12.1 Å². The van der Waals surface area contributed by atoms with E-state index in [9.17, 15) is 18.0 Å². The van der Waals surface area contributed by atoms with Crippen molar-refractivity contribution in [1.82, 2.24) is 14.8 Å². The van der Waals surface area contributed by atoms with Crippen molar-refractivity contribution in [3.8, 4) is 11.6 Å². The number of amides is 1. The number of carbonyl (C=O) groups excluding carboxylic acids is 1. The van der Waals surface area contributed by atoms with Gasteiger partial charge in [-0.15, -0.1) is 10.2 Å². The van der Waals surface area contributed by atoms with Crippen LogP contribution in [0.3, 0.4) is 0 Å². The van der Waals surface area contributed by atoms with E-state index in [1.807, 2.05) is 16.4 Å². The number of aromatic nitrogens is 3. The predicted molar refractivity (Wildman–Crippen MR) is 116 cm³/mol. The molecule has 1 aliphatic rings. The van der Waals surface area contributed by atoms with Gasteiger partial charge >= 0.3 is 6.18 Å². The lowest BCUT2D eigenvalue weighted by Crippen LogP contribution is -2.22. The number of furan rings is 1. The van der Waals surface area contributed by atoms with Gasteiger partial charge in [0.05, 0.1) is 29.0 Å². The van der Waals surface area contributed by atoms with Crippen LogP contribution in [0.2, 0.25) is 0 Å². The number of carbonyl (C=O) groups is 1. The third-order valence-electron chi connectivity index (χ3n) is 5.15. The molecule has 1 aromatic carbocycles. The van der Waals surface area contributed by atoms with Crippen molar-refractivity contribution in [2.75, 3.05) is 29.1 Å². The Bertz CT molecular complexity index is 1080. The van der Waals surface area contributed by atoms with E-state index in [2.05, 4.69) is 15.5 Å². The van der Waals surface area contributed by atoms with E-state index in [0.29, 0.717) is 29.0 Å². The molecular weight excluding hydrogens is 443 g/mol. The summed E-state index contributed by atoms with van der Waals surface area (Å²) in [5, 5.41) is 11.4. The first-order valence-electron chi connectivity index (χ1n) is 10.2. The summed E-state index contributed by atoms with van der Waals surface area (Å²) in [4.78, 5) is 14.6. The van der Waals surface area contributed by atoms with E-state index in [0.717, 1.165) is 49.8 Å². The number of hydrogen-bond acceptors (Lipinski definition) is 6. The fraction of sp³-hybridized carbons (Fsp3) is 0.381. The standard InChI is InChI=1S/C21H22F3N5O2S/c1-2-29-19(17-6-5-11-31-17)26-27-20(29)32-13-18(30)25-15-12-14(21(22,23)24)7-8-16(15)28-9-3-4-10-28/h5-8,11-12H,2-4,9-10,13H2,1H3,(H,25,30). The minimum atomic E-state index is -4.49. The molecule has 0 radical (unpaired) electrons. The fourth-order valence-corrected chi connectivity index (χ4v) is 4.43. The zero-order valence-corrected chi connectivity index (χ0v) is 18.2. The molecule has 0 unspecified atom stereocenters. The number of nitrogens with one attached hydrogen (secondary N) is 1. The number of halogens is 3. The van der Waals surface area contributed by atoms with E-state index in [-0.39, 0.29) is 11.4 Å². The lowest BCUT2D eigenvalue weighted by molar-refractivity contribution is -0.137. The van der Waals surface area contributed by atoms with Crippen molar-refractivity contribution in [3.63, 3.8) is 0 Å². The minimum Gasteiger partial charge on any atom is -0.461 e. The molecular formula is C21H22F3N5O2S. The van der Waals surface area contributed by atoms with Gasteiger partial charge in [-0.2, -0.15) is 13.2 Å². The van der Waals surface area contributed by atoms with Gasteiger partial charge < -0.3 is 14.6 Å². The second-order valence-electron chi connectivity index (χ2n) is 7.29. The normalized spacial score (nSPS) is 14.2. The summed E-state index contributed by atoms with van der Waals surface area (Å²) < 4.78 is 46.9. The summed E-state index contributed by atoms with van der Waals surface area (Å²) in [7, 11) is 0. The largest absolute Gasteiger partial charge is 0.461 e. The molecule has 4 rings (SSSR count). The Morgan fingerprint density at radius 2 is 2.00 bits per heavy atom. The zero-order chi connectivity index (χ0) is 22.7. The van der Waals surface area contributed by atoms with Crippen molar-refractivity contribution in [3.05, 3.63) is 42.2 Å². The summed E-state index contributed by atoms with van der Waals surface area (Å²) in [6.07, 6.45) is -1.02. The molecule has 170 valence electrons. The molecule has 0 bridgehead atoms. The molecule has 32 heavy (non-hydrogen) atoms. The van der Waals surface area contributed by atoms with E-state index in [4.69, 9.17) is 4.42 Å². The van der Waals surface area contributed by atoms with Crippen molar-refractivity contribution < 1.29 is 22.4 Å². The monoisotopic (exact) mass is 465 g/mol. The van der Waals surface area contributed by atoms with Crippen LogP contribution in [0.25, 0.3) is 11.6 Å². The molecule has 3 aromatic rings. The lowest BCUT2D eigenvalue weighted by Gasteiger charge is -2.23. The van der Waals surface area contributed by atoms with E-state index < -0.39 is 17.6 Å². The summed E-state index contributed by atoms with van der Waals surface area (Å²) in [5.41, 5.74) is -0.0246. The molecule has 0 spiro atoms. The summed E-state index contributed by atoms with van der Waals surface area (Å²) in [5.74, 6) is 0.677. The Hall–Kier alpha value is -2.95. The van der Waals surface area contributed by atoms with E-state index >= 15 is 0 Å². The Balaban J connectivity index is 1.49. The van der Waals surface area contributed by atoms with Gasteiger partial charge in [0.25, 0.3) is 0 Å². The zero-order valence-electron chi connectivity index (χ0n) is 17.4. The molecule has 1 fully saturated rings. The third kappa shape index (κ3) is 4.77. The highest BCUT2D eigenvalue weighted by Gasteiger charge is 2.32. The van der Waals surface area contributed by atoms with Crippen LogP contribution in [0.5, 0.6) is 0 Å². The van der Waals surface area contributed by atoms with Gasteiger partial charge in [-0.1, -0.05) is 11.8 Å². The van der Waals surface area contributed by atoms with Crippen LogP contribution in [0.15, 0.2) is 46.2 Å². The van der Waals surface area contributed by atoms with Crippen molar-refractivity contribution in [1.29, 1.82) is 0 Å². The molecule has 0 aliphatic carbocycles. The van der Waals surface area contributed by atoms with Gasteiger partial charge in [-0.3, -0.25) is 9.36 Å². The molecule has 3 heterocycles. The predicted octanol–water partition coefficient (Wildman–Crippen LogP) is 4.91. The Labute approximate surface area is 187 Å². The Morgan fingerprint density at radius 3 is 2.66 bits per heavy atom. The second-order valence-corrected chi connectivity index (χ2v) is 8.23. The topological polar surface area (TPSA) is 76.2 Å². The van der Waals surface area contributed by atoms with Crippen LogP contribution in [-0.4, -0.2) is 39.5 Å². The number of alkyl halides is 3. The SMILES string of the molecule is CCn1c(SCC(=O)Nc2cc(C(F)(F)F)ccc2N2CCCC2)nnc1-c1ccco1. The van der Waals surface area contributed by atoms with Gasteiger partial charge in [0.15, 0.2) is 16.7 Å². The summed E-state index contributed by atoms with van der Waals surface area (Å²) in [6, 6.07) is 7.00. The molecule has 7 nitrogen and oxygen atoms in total. The van der Waals surface area contributed by atoms with Gasteiger partial charge in [0, 0.05) is 19.6 Å². The van der Waals surface area contributed by atoms with Crippen molar-refractivity contribution in [2.24, 2.45) is 0 Å². The lowest BCUT2D eigenvalue weighted by atomic mass is 10.1. The number of rotatable bonds is 7. The molecule has 1 amide bonds. The number of benzene rings is 1. The first kappa shape index (κ1) is 22.3. The summed E-state index contributed by atoms with van der Waals surface area (Å²) >= 11 is 1.16. The maximum Gasteiger partial charge on any atom is 0.416 e. The Kier molecular flexibility index (Phi) is 6.45. The molecule has 1 saturated heterocycles. The van der Waals surface area contributed by atoms with Gasteiger partial charge in [-0.05, 0) is 50.1 Å². The average Bonchev–Trinajstić information content (AvgIpc) is 3.53. The van der Waals surface area contributed by atoms with Crippen molar-refractivity contribution in [2.45, 2.75) is 37.6 Å². The van der Waals surface area contributed by atoms with Crippen LogP contribution in [0.4, 0.5) is 24.5 Å². The first-order chi connectivity index (χ1) is 15.4. The Morgan fingerprint density at radius 1 is 1.22 bits per heavy atom. The molecule has 1 aliphatic heterocycles. The van der Waals surface area contributed by atoms with E-state index in [1.165, 1.54) is 12.3 Å². The minimum absolute atomic E-state index is 0.0219. The van der Waals surface area contributed by atoms with Gasteiger partial charge in [0.2, 0.25) is 5.91 Å². The molecule has 0 atom stereocenters. The van der Waals surface area contributed by atoms with Crippen LogP contribution < -0.4 is 10.2 Å². The smallest absolute Gasteiger partial charge is 0.416 e. The van der Waals surface area contributed by atoms with Gasteiger partial charge in [0.1, 0.15) is 0 Å². The molecule has 0 saturated carbocycles.